The number of rotatable bonds is 4. The summed E-state index contributed by atoms with van der Waals surface area (Å²) in [6.07, 6.45) is 4.16. The summed E-state index contributed by atoms with van der Waals surface area (Å²) < 4.78 is 18.7. The molecule has 1 aliphatic rings. The Kier molecular flexibility index (Phi) is 3.60. The summed E-state index contributed by atoms with van der Waals surface area (Å²) in [5.74, 6) is 2.13. The number of amides is 1. The Labute approximate surface area is 122 Å². The third-order valence-electron chi connectivity index (χ3n) is 3.61. The van der Waals surface area contributed by atoms with Crippen LogP contribution in [-0.4, -0.2) is 5.91 Å². The number of furan rings is 1. The molecule has 0 aliphatic heterocycles. The van der Waals surface area contributed by atoms with Gasteiger partial charge in [0.1, 0.15) is 17.3 Å². The molecule has 3 rings (SSSR count). The molecule has 1 amide bonds. The van der Waals surface area contributed by atoms with Crippen molar-refractivity contribution >= 4 is 17.7 Å². The maximum Gasteiger partial charge on any atom is 0.248 e. The number of benzene rings is 1. The van der Waals surface area contributed by atoms with Gasteiger partial charge in [-0.2, -0.15) is 0 Å². The van der Waals surface area contributed by atoms with Crippen LogP contribution in [0.5, 0.6) is 0 Å². The van der Waals surface area contributed by atoms with Crippen LogP contribution >= 0.6 is 0 Å². The van der Waals surface area contributed by atoms with Crippen molar-refractivity contribution in [2.75, 3.05) is 5.32 Å². The van der Waals surface area contributed by atoms with E-state index in [-0.39, 0.29) is 11.7 Å². The summed E-state index contributed by atoms with van der Waals surface area (Å²) in [7, 11) is 0. The fourth-order valence-corrected chi connectivity index (χ4v) is 2.28. The highest BCUT2D eigenvalue weighted by atomic mass is 19.1. The smallest absolute Gasteiger partial charge is 0.248 e. The number of hydrogen-bond donors (Lipinski definition) is 1. The van der Waals surface area contributed by atoms with Gasteiger partial charge >= 0.3 is 0 Å². The molecular weight excluding hydrogens is 269 g/mol. The molecule has 1 aromatic heterocycles. The van der Waals surface area contributed by atoms with Crippen molar-refractivity contribution < 1.29 is 13.6 Å². The van der Waals surface area contributed by atoms with E-state index in [0.29, 0.717) is 23.3 Å². The molecule has 108 valence electrons. The zero-order valence-corrected chi connectivity index (χ0v) is 11.7. The normalized spacial score (nSPS) is 20.7. The third-order valence-corrected chi connectivity index (χ3v) is 3.61. The summed E-state index contributed by atoms with van der Waals surface area (Å²) in [6, 6.07) is 9.59. The summed E-state index contributed by atoms with van der Waals surface area (Å²) in [4.78, 5) is 11.7. The van der Waals surface area contributed by atoms with Crippen LogP contribution in [0.15, 0.2) is 46.9 Å². The van der Waals surface area contributed by atoms with Crippen molar-refractivity contribution in [1.29, 1.82) is 0 Å². The van der Waals surface area contributed by atoms with E-state index in [1.807, 2.05) is 12.1 Å². The number of hydrogen-bond acceptors (Lipinski definition) is 2. The Morgan fingerprint density at radius 2 is 2.19 bits per heavy atom. The first kappa shape index (κ1) is 13.6. The Morgan fingerprint density at radius 1 is 1.38 bits per heavy atom. The number of halogens is 1. The van der Waals surface area contributed by atoms with Gasteiger partial charge in [0.05, 0.1) is 0 Å². The molecule has 2 aromatic rings. The van der Waals surface area contributed by atoms with E-state index in [0.717, 1.165) is 12.2 Å². The fourth-order valence-electron chi connectivity index (χ4n) is 2.28. The van der Waals surface area contributed by atoms with E-state index in [2.05, 4.69) is 12.2 Å². The lowest BCUT2D eigenvalue weighted by atomic mass is 10.3. The van der Waals surface area contributed by atoms with E-state index in [1.165, 1.54) is 18.2 Å². The lowest BCUT2D eigenvalue weighted by Crippen LogP contribution is -2.07. The molecule has 1 N–H and O–H groups in total. The van der Waals surface area contributed by atoms with E-state index in [1.54, 1.807) is 18.2 Å². The molecule has 3 nitrogen and oxygen atoms in total. The highest BCUT2D eigenvalue weighted by Gasteiger charge is 2.36. The van der Waals surface area contributed by atoms with Crippen LogP contribution in [0.25, 0.3) is 6.08 Å². The molecule has 2 atom stereocenters. The highest BCUT2D eigenvalue weighted by molar-refractivity contribution is 6.01. The summed E-state index contributed by atoms with van der Waals surface area (Å²) in [5.41, 5.74) is 0.427. The molecule has 1 aromatic carbocycles. The minimum absolute atomic E-state index is 0.321. The van der Waals surface area contributed by atoms with Crippen LogP contribution in [0.1, 0.15) is 30.8 Å². The molecule has 4 heteroatoms. The maximum atomic E-state index is 13.0. The first-order chi connectivity index (χ1) is 10.1. The molecule has 1 heterocycles. The summed E-state index contributed by atoms with van der Waals surface area (Å²) in [5, 5.41) is 2.59. The number of carbonyl (C=O) groups excluding carboxylic acids is 1. The zero-order valence-electron chi connectivity index (χ0n) is 11.7. The largest absolute Gasteiger partial charge is 0.461 e. The Bertz CT molecular complexity index is 690. The van der Waals surface area contributed by atoms with Gasteiger partial charge in [-0.05, 0) is 48.7 Å². The Hall–Kier alpha value is -2.36. The van der Waals surface area contributed by atoms with Crippen molar-refractivity contribution in [3.8, 4) is 0 Å². The summed E-state index contributed by atoms with van der Waals surface area (Å²) in [6.45, 7) is 2.19. The highest BCUT2D eigenvalue weighted by Crippen LogP contribution is 2.47. The van der Waals surface area contributed by atoms with Crippen molar-refractivity contribution in [2.24, 2.45) is 5.92 Å². The van der Waals surface area contributed by atoms with Gasteiger partial charge in [-0.15, -0.1) is 0 Å². The van der Waals surface area contributed by atoms with Gasteiger partial charge < -0.3 is 9.73 Å². The average molecular weight is 285 g/mol. The molecule has 1 fully saturated rings. The second-order valence-corrected chi connectivity index (χ2v) is 5.39. The zero-order chi connectivity index (χ0) is 14.8. The fraction of sp³-hybridized carbons (Fsp3) is 0.235. The van der Waals surface area contributed by atoms with Crippen molar-refractivity contribution in [1.82, 2.24) is 0 Å². The van der Waals surface area contributed by atoms with Crippen LogP contribution in [0.3, 0.4) is 0 Å². The van der Waals surface area contributed by atoms with Crippen LogP contribution in [-0.2, 0) is 4.79 Å². The molecular formula is C17H16FNO2. The molecule has 1 saturated carbocycles. The van der Waals surface area contributed by atoms with E-state index in [9.17, 15) is 9.18 Å². The van der Waals surface area contributed by atoms with Gasteiger partial charge in [0, 0.05) is 17.7 Å². The number of anilines is 1. The average Bonchev–Trinajstić information content (AvgIpc) is 3.00. The van der Waals surface area contributed by atoms with E-state index in [4.69, 9.17) is 4.42 Å². The molecule has 21 heavy (non-hydrogen) atoms. The second kappa shape index (κ2) is 5.56. The van der Waals surface area contributed by atoms with E-state index >= 15 is 0 Å². The number of carbonyl (C=O) groups is 1. The van der Waals surface area contributed by atoms with Crippen LogP contribution in [0.4, 0.5) is 10.1 Å². The predicted octanol–water partition coefficient (Wildman–Crippen LogP) is 4.19. The minimum Gasteiger partial charge on any atom is -0.461 e. The second-order valence-electron chi connectivity index (χ2n) is 5.39. The van der Waals surface area contributed by atoms with Crippen molar-refractivity contribution in [2.45, 2.75) is 19.3 Å². The molecule has 2 unspecified atom stereocenters. The molecule has 0 bridgehead atoms. The van der Waals surface area contributed by atoms with Crippen LogP contribution in [0, 0.1) is 11.7 Å². The number of nitrogens with one attached hydrogen (secondary N) is 1. The first-order valence-corrected chi connectivity index (χ1v) is 6.96. The van der Waals surface area contributed by atoms with Gasteiger partial charge in [-0.25, -0.2) is 4.39 Å². The van der Waals surface area contributed by atoms with Gasteiger partial charge in [-0.3, -0.25) is 4.79 Å². The Balaban J connectivity index is 1.60. The minimum atomic E-state index is -0.383. The standard InChI is InChI=1S/C17H16FNO2/c1-11-9-15(11)16-7-5-14(21-16)6-8-17(20)19-13-4-2-3-12(18)10-13/h2-8,10-11,15H,9H2,1H3,(H,19,20)/b8-6+. The van der Waals surface area contributed by atoms with Crippen molar-refractivity contribution in [3.05, 3.63) is 59.8 Å². The third kappa shape index (κ3) is 3.40. The topological polar surface area (TPSA) is 42.2 Å². The van der Waals surface area contributed by atoms with Gasteiger partial charge in [-0.1, -0.05) is 13.0 Å². The lowest BCUT2D eigenvalue weighted by molar-refractivity contribution is -0.111. The van der Waals surface area contributed by atoms with Gasteiger partial charge in [0.25, 0.3) is 0 Å². The Morgan fingerprint density at radius 3 is 2.90 bits per heavy atom. The quantitative estimate of drug-likeness (QED) is 0.856. The monoisotopic (exact) mass is 285 g/mol. The summed E-state index contributed by atoms with van der Waals surface area (Å²) >= 11 is 0. The predicted molar refractivity (Wildman–Crippen MR) is 79.3 cm³/mol. The van der Waals surface area contributed by atoms with Crippen LogP contribution < -0.4 is 5.32 Å². The SMILES string of the molecule is CC1CC1c1ccc(/C=C/C(=O)Nc2cccc(F)c2)o1. The van der Waals surface area contributed by atoms with Crippen molar-refractivity contribution in [3.63, 3.8) is 0 Å². The van der Waals surface area contributed by atoms with Crippen LogP contribution in [0.2, 0.25) is 0 Å². The lowest BCUT2D eigenvalue weighted by Gasteiger charge is -2.01. The molecule has 0 spiro atoms. The maximum absolute atomic E-state index is 13.0. The molecule has 0 saturated heterocycles. The van der Waals surface area contributed by atoms with Gasteiger partial charge in [0.2, 0.25) is 5.91 Å². The molecule has 0 radical (unpaired) electrons. The van der Waals surface area contributed by atoms with E-state index < -0.39 is 0 Å². The van der Waals surface area contributed by atoms with Gasteiger partial charge in [0.15, 0.2) is 0 Å². The first-order valence-electron chi connectivity index (χ1n) is 6.96. The molecule has 1 aliphatic carbocycles.